The second kappa shape index (κ2) is 6.66. The smallest absolute Gasteiger partial charge is 0.255 e. The highest BCUT2D eigenvalue weighted by Gasteiger charge is 2.26. The maximum Gasteiger partial charge on any atom is 0.255 e. The zero-order chi connectivity index (χ0) is 17.1. The topological polar surface area (TPSA) is 44.8 Å². The molecule has 5 heteroatoms. The van der Waals surface area contributed by atoms with Crippen molar-refractivity contribution in [3.8, 4) is 5.75 Å². The number of nitrogens with zero attached hydrogens (tertiary/aromatic N) is 2. The first-order chi connectivity index (χ1) is 11.6. The van der Waals surface area contributed by atoms with Crippen LogP contribution in [0.25, 0.3) is 0 Å². The lowest BCUT2D eigenvalue weighted by Crippen LogP contribution is -2.34. The average Bonchev–Trinajstić information content (AvgIpc) is 2.91. The van der Waals surface area contributed by atoms with Crippen LogP contribution in [0, 0.1) is 0 Å². The molecule has 0 aromatic heterocycles. The number of rotatable bonds is 4. The molecule has 0 spiro atoms. The third-order valence-corrected chi connectivity index (χ3v) is 4.26. The number of nitrogens with one attached hydrogen (secondary N) is 1. The minimum Gasteiger partial charge on any atom is -0.497 e. The number of methoxy groups -OCH3 is 1. The van der Waals surface area contributed by atoms with Crippen molar-refractivity contribution in [2.75, 3.05) is 25.7 Å². The molecule has 124 valence electrons. The van der Waals surface area contributed by atoms with Gasteiger partial charge in [-0.25, -0.2) is 0 Å². The summed E-state index contributed by atoms with van der Waals surface area (Å²) in [6.07, 6.45) is 0. The van der Waals surface area contributed by atoms with Crippen molar-refractivity contribution in [1.82, 2.24) is 10.3 Å². The molecule has 0 bridgehead atoms. The molecule has 1 N–H and O–H groups in total. The Morgan fingerprint density at radius 1 is 1.08 bits per heavy atom. The molecule has 3 rings (SSSR count). The standard InChI is InChI=1S/C19H21N3O2/c1-14-18(13-22(21(14)2)16-7-5-4-6-8-16)20-19(23)15-9-11-17(24-3)12-10-15/h4-12H,13H2,1-3H3,(H,20,23). The normalized spacial score (nSPS) is 14.1. The minimum atomic E-state index is -0.115. The number of amides is 1. The number of allylic oxidation sites excluding steroid dienone is 1. The Bertz CT molecular complexity index is 754. The maximum absolute atomic E-state index is 12.5. The van der Waals surface area contributed by atoms with Gasteiger partial charge in [0, 0.05) is 12.6 Å². The van der Waals surface area contributed by atoms with Gasteiger partial charge in [-0.05, 0) is 43.3 Å². The van der Waals surface area contributed by atoms with E-state index in [2.05, 4.69) is 27.5 Å². The number of ether oxygens (including phenoxy) is 1. The number of benzene rings is 2. The molecule has 0 radical (unpaired) electrons. The highest BCUT2D eigenvalue weighted by atomic mass is 16.5. The third-order valence-electron chi connectivity index (χ3n) is 4.26. The predicted octanol–water partition coefficient (Wildman–Crippen LogP) is 3.02. The summed E-state index contributed by atoms with van der Waals surface area (Å²) >= 11 is 0. The van der Waals surface area contributed by atoms with E-state index < -0.39 is 0 Å². The van der Waals surface area contributed by atoms with Gasteiger partial charge in [-0.2, -0.15) is 0 Å². The van der Waals surface area contributed by atoms with Crippen LogP contribution in [0.3, 0.4) is 0 Å². The molecule has 1 aliphatic heterocycles. The lowest BCUT2D eigenvalue weighted by atomic mass is 10.2. The molecule has 0 fully saturated rings. The van der Waals surface area contributed by atoms with Gasteiger partial charge in [-0.15, -0.1) is 0 Å². The molecule has 1 heterocycles. The molecule has 5 nitrogen and oxygen atoms in total. The van der Waals surface area contributed by atoms with Crippen molar-refractivity contribution in [1.29, 1.82) is 0 Å². The van der Waals surface area contributed by atoms with Crippen LogP contribution in [0.4, 0.5) is 5.69 Å². The second-order valence-electron chi connectivity index (χ2n) is 5.66. The van der Waals surface area contributed by atoms with Crippen LogP contribution in [0.1, 0.15) is 17.3 Å². The van der Waals surface area contributed by atoms with E-state index in [4.69, 9.17) is 4.74 Å². The fourth-order valence-electron chi connectivity index (χ4n) is 2.69. The number of hydrogen-bond acceptors (Lipinski definition) is 4. The van der Waals surface area contributed by atoms with Crippen LogP contribution in [-0.2, 0) is 0 Å². The predicted molar refractivity (Wildman–Crippen MR) is 94.7 cm³/mol. The van der Waals surface area contributed by atoms with Crippen LogP contribution < -0.4 is 15.1 Å². The number of anilines is 1. The van der Waals surface area contributed by atoms with Gasteiger partial charge in [-0.3, -0.25) is 14.8 Å². The largest absolute Gasteiger partial charge is 0.497 e. The van der Waals surface area contributed by atoms with Crippen molar-refractivity contribution in [2.24, 2.45) is 0 Å². The first-order valence-electron chi connectivity index (χ1n) is 7.81. The zero-order valence-corrected chi connectivity index (χ0v) is 14.1. The summed E-state index contributed by atoms with van der Waals surface area (Å²) in [5.41, 5.74) is 3.63. The molecule has 0 saturated heterocycles. The van der Waals surface area contributed by atoms with Gasteiger partial charge in [0.1, 0.15) is 5.75 Å². The highest BCUT2D eigenvalue weighted by Crippen LogP contribution is 2.26. The molecule has 0 aliphatic carbocycles. The number of carbonyl (C=O) groups is 1. The Morgan fingerprint density at radius 2 is 1.75 bits per heavy atom. The summed E-state index contributed by atoms with van der Waals surface area (Å²) in [7, 11) is 3.60. The summed E-state index contributed by atoms with van der Waals surface area (Å²) in [6.45, 7) is 2.64. The first-order valence-corrected chi connectivity index (χ1v) is 7.81. The van der Waals surface area contributed by atoms with E-state index in [9.17, 15) is 4.79 Å². The Hall–Kier alpha value is -2.95. The zero-order valence-electron chi connectivity index (χ0n) is 14.1. The fraction of sp³-hybridized carbons (Fsp3) is 0.211. The molecular formula is C19H21N3O2. The lowest BCUT2D eigenvalue weighted by molar-refractivity contribution is 0.0965. The van der Waals surface area contributed by atoms with E-state index in [0.29, 0.717) is 12.1 Å². The van der Waals surface area contributed by atoms with Crippen LogP contribution in [0.5, 0.6) is 5.75 Å². The van der Waals surface area contributed by atoms with Gasteiger partial charge >= 0.3 is 0 Å². The summed E-state index contributed by atoms with van der Waals surface area (Å²) in [5.74, 6) is 0.619. The van der Waals surface area contributed by atoms with Crippen molar-refractivity contribution in [3.63, 3.8) is 0 Å². The van der Waals surface area contributed by atoms with Gasteiger partial charge < -0.3 is 10.1 Å². The van der Waals surface area contributed by atoms with Gasteiger partial charge in [-0.1, -0.05) is 18.2 Å². The van der Waals surface area contributed by atoms with E-state index in [-0.39, 0.29) is 5.91 Å². The molecule has 0 saturated carbocycles. The van der Waals surface area contributed by atoms with E-state index in [1.807, 2.05) is 32.2 Å². The molecule has 1 amide bonds. The van der Waals surface area contributed by atoms with Gasteiger partial charge in [0.25, 0.3) is 5.91 Å². The molecular weight excluding hydrogens is 302 g/mol. The van der Waals surface area contributed by atoms with Crippen molar-refractivity contribution < 1.29 is 9.53 Å². The van der Waals surface area contributed by atoms with Crippen LogP contribution in [-0.4, -0.2) is 31.6 Å². The lowest BCUT2D eigenvalue weighted by Gasteiger charge is -2.29. The summed E-state index contributed by atoms with van der Waals surface area (Å²) in [5, 5.41) is 7.21. The van der Waals surface area contributed by atoms with Gasteiger partial charge in [0.2, 0.25) is 0 Å². The van der Waals surface area contributed by atoms with Crippen LogP contribution in [0.15, 0.2) is 66.0 Å². The number of carbonyl (C=O) groups excluding carboxylic acids is 1. The SMILES string of the molecule is COc1ccc(C(=O)NC2=C(C)N(C)N(c3ccccc3)C2)cc1. The van der Waals surface area contributed by atoms with E-state index in [1.54, 1.807) is 31.4 Å². The van der Waals surface area contributed by atoms with E-state index >= 15 is 0 Å². The third kappa shape index (κ3) is 3.06. The molecule has 1 aliphatic rings. The number of para-hydroxylation sites is 1. The van der Waals surface area contributed by atoms with Crippen molar-refractivity contribution >= 4 is 11.6 Å². The second-order valence-corrected chi connectivity index (χ2v) is 5.66. The van der Waals surface area contributed by atoms with Gasteiger partial charge in [0.15, 0.2) is 0 Å². The Kier molecular flexibility index (Phi) is 4.42. The minimum absolute atomic E-state index is 0.115. The molecule has 2 aromatic carbocycles. The summed E-state index contributed by atoms with van der Waals surface area (Å²) < 4.78 is 5.12. The Morgan fingerprint density at radius 3 is 2.38 bits per heavy atom. The van der Waals surface area contributed by atoms with Gasteiger partial charge in [0.05, 0.1) is 30.7 Å². The van der Waals surface area contributed by atoms with E-state index in [1.165, 1.54) is 0 Å². The average molecular weight is 323 g/mol. The fourth-order valence-corrected chi connectivity index (χ4v) is 2.69. The maximum atomic E-state index is 12.5. The van der Waals surface area contributed by atoms with E-state index in [0.717, 1.165) is 22.8 Å². The highest BCUT2D eigenvalue weighted by molar-refractivity contribution is 5.95. The Balaban J connectivity index is 1.73. The van der Waals surface area contributed by atoms with Crippen molar-refractivity contribution in [2.45, 2.75) is 6.92 Å². The molecule has 0 unspecified atom stereocenters. The number of hydrogen-bond donors (Lipinski definition) is 1. The van der Waals surface area contributed by atoms with Crippen molar-refractivity contribution in [3.05, 3.63) is 71.6 Å². The quantitative estimate of drug-likeness (QED) is 0.939. The number of hydrazine groups is 1. The monoisotopic (exact) mass is 323 g/mol. The Labute approximate surface area is 142 Å². The molecule has 2 aromatic rings. The van der Waals surface area contributed by atoms with Crippen LogP contribution in [0.2, 0.25) is 0 Å². The molecule has 0 atom stereocenters. The summed E-state index contributed by atoms with van der Waals surface area (Å²) in [6, 6.07) is 17.2. The molecule has 24 heavy (non-hydrogen) atoms. The first kappa shape index (κ1) is 15.9. The van der Waals surface area contributed by atoms with Crippen LogP contribution >= 0.6 is 0 Å². The summed E-state index contributed by atoms with van der Waals surface area (Å²) in [4.78, 5) is 12.5.